The van der Waals surface area contributed by atoms with Crippen molar-refractivity contribution in [1.29, 1.82) is 0 Å². The summed E-state index contributed by atoms with van der Waals surface area (Å²) in [7, 11) is 0. The Hall–Kier alpha value is -1.29. The third-order valence-electron chi connectivity index (χ3n) is 3.31. The lowest BCUT2D eigenvalue weighted by Crippen LogP contribution is -2.41. The predicted octanol–water partition coefficient (Wildman–Crippen LogP) is 0.878. The van der Waals surface area contributed by atoms with Gasteiger partial charge in [0.15, 0.2) is 0 Å². The second kappa shape index (κ2) is 4.70. The SMILES string of the molecule is NC(=O)C1=CN([C@H]2CCCC[C@@H]2O)C=CC1. The van der Waals surface area contributed by atoms with Crippen molar-refractivity contribution >= 4 is 5.91 Å². The van der Waals surface area contributed by atoms with Crippen LogP contribution in [0.4, 0.5) is 0 Å². The highest BCUT2D eigenvalue weighted by molar-refractivity contribution is 5.92. The molecule has 0 spiro atoms. The Labute approximate surface area is 95.4 Å². The Balaban J connectivity index is 2.10. The predicted molar refractivity (Wildman–Crippen MR) is 61.1 cm³/mol. The van der Waals surface area contributed by atoms with Gasteiger partial charge in [-0.3, -0.25) is 4.79 Å². The van der Waals surface area contributed by atoms with Crippen LogP contribution < -0.4 is 5.73 Å². The largest absolute Gasteiger partial charge is 0.391 e. The first kappa shape index (κ1) is 11.2. The fraction of sp³-hybridized carbons (Fsp3) is 0.583. The Morgan fingerprint density at radius 2 is 2.19 bits per heavy atom. The Morgan fingerprint density at radius 3 is 2.88 bits per heavy atom. The average Bonchev–Trinajstić information content (AvgIpc) is 2.30. The number of nitrogens with two attached hydrogens (primary N) is 1. The highest BCUT2D eigenvalue weighted by Crippen LogP contribution is 2.26. The van der Waals surface area contributed by atoms with Crippen molar-refractivity contribution < 1.29 is 9.90 Å². The van der Waals surface area contributed by atoms with Gasteiger partial charge in [-0.15, -0.1) is 0 Å². The number of carbonyl (C=O) groups excluding carboxylic acids is 1. The van der Waals surface area contributed by atoms with Gasteiger partial charge >= 0.3 is 0 Å². The molecule has 1 saturated carbocycles. The minimum absolute atomic E-state index is 0.0969. The number of allylic oxidation sites excluding steroid dienone is 1. The summed E-state index contributed by atoms with van der Waals surface area (Å²) in [4.78, 5) is 13.0. The van der Waals surface area contributed by atoms with Crippen LogP contribution in [0.25, 0.3) is 0 Å². The fourth-order valence-corrected chi connectivity index (χ4v) is 2.39. The van der Waals surface area contributed by atoms with E-state index < -0.39 is 0 Å². The first-order chi connectivity index (χ1) is 7.68. The van der Waals surface area contributed by atoms with Gasteiger partial charge in [0.05, 0.1) is 12.1 Å². The normalized spacial score (nSPS) is 30.1. The van der Waals surface area contributed by atoms with Crippen molar-refractivity contribution in [1.82, 2.24) is 4.90 Å². The summed E-state index contributed by atoms with van der Waals surface area (Å²) in [6, 6.07) is 0.0969. The standard InChI is InChI=1S/C12H18N2O2/c13-12(16)9-4-3-7-14(8-9)10-5-1-2-6-11(10)15/h3,7-8,10-11,15H,1-2,4-6H2,(H2,13,16)/t10-,11-/m0/s1. The van der Waals surface area contributed by atoms with E-state index in [1.54, 1.807) is 6.20 Å². The van der Waals surface area contributed by atoms with Crippen molar-refractivity contribution in [3.05, 3.63) is 24.0 Å². The molecule has 0 unspecified atom stereocenters. The van der Waals surface area contributed by atoms with Gasteiger partial charge < -0.3 is 15.7 Å². The van der Waals surface area contributed by atoms with E-state index in [0.29, 0.717) is 12.0 Å². The van der Waals surface area contributed by atoms with Crippen molar-refractivity contribution in [2.24, 2.45) is 5.73 Å². The molecule has 1 fully saturated rings. The highest BCUT2D eigenvalue weighted by Gasteiger charge is 2.27. The number of hydrogen-bond acceptors (Lipinski definition) is 3. The summed E-state index contributed by atoms with van der Waals surface area (Å²) in [6.45, 7) is 0. The van der Waals surface area contributed by atoms with E-state index in [-0.39, 0.29) is 18.1 Å². The van der Waals surface area contributed by atoms with E-state index in [2.05, 4.69) is 0 Å². The summed E-state index contributed by atoms with van der Waals surface area (Å²) in [5.74, 6) is -0.375. The van der Waals surface area contributed by atoms with E-state index in [1.165, 1.54) is 0 Å². The van der Waals surface area contributed by atoms with Gasteiger partial charge in [0.25, 0.3) is 0 Å². The first-order valence-electron chi connectivity index (χ1n) is 5.81. The molecule has 1 heterocycles. The Bertz CT molecular complexity index is 336. The molecule has 0 saturated heterocycles. The molecule has 1 aliphatic heterocycles. The molecule has 2 rings (SSSR count). The quantitative estimate of drug-likeness (QED) is 0.728. The van der Waals surface area contributed by atoms with Crippen LogP contribution >= 0.6 is 0 Å². The van der Waals surface area contributed by atoms with Crippen molar-refractivity contribution in [3.8, 4) is 0 Å². The average molecular weight is 222 g/mol. The number of amides is 1. The summed E-state index contributed by atoms with van der Waals surface area (Å²) in [5, 5.41) is 9.93. The molecule has 0 bridgehead atoms. The Morgan fingerprint density at radius 1 is 1.44 bits per heavy atom. The van der Waals surface area contributed by atoms with Gasteiger partial charge in [0.1, 0.15) is 0 Å². The molecule has 0 aromatic heterocycles. The maximum atomic E-state index is 11.1. The maximum absolute atomic E-state index is 11.1. The lowest BCUT2D eigenvalue weighted by atomic mass is 9.91. The van der Waals surface area contributed by atoms with Gasteiger partial charge in [-0.05, 0) is 19.3 Å². The molecular formula is C12H18N2O2. The molecule has 2 aliphatic rings. The molecule has 0 radical (unpaired) electrons. The number of rotatable bonds is 2. The van der Waals surface area contributed by atoms with E-state index in [4.69, 9.17) is 5.73 Å². The molecule has 0 aromatic carbocycles. The van der Waals surface area contributed by atoms with Crippen LogP contribution in [-0.4, -0.2) is 28.1 Å². The maximum Gasteiger partial charge on any atom is 0.246 e. The van der Waals surface area contributed by atoms with Gasteiger partial charge in [0.2, 0.25) is 5.91 Å². The van der Waals surface area contributed by atoms with Crippen LogP contribution in [0.5, 0.6) is 0 Å². The van der Waals surface area contributed by atoms with Crippen LogP contribution in [0.1, 0.15) is 32.1 Å². The van der Waals surface area contributed by atoms with Gasteiger partial charge in [-0.1, -0.05) is 18.9 Å². The van der Waals surface area contributed by atoms with Crippen LogP contribution in [0.15, 0.2) is 24.0 Å². The number of hydrogen-bond donors (Lipinski definition) is 2. The van der Waals surface area contributed by atoms with Crippen molar-refractivity contribution in [3.63, 3.8) is 0 Å². The minimum Gasteiger partial charge on any atom is -0.391 e. The number of nitrogens with zero attached hydrogens (tertiary/aromatic N) is 1. The van der Waals surface area contributed by atoms with Gasteiger partial charge in [0, 0.05) is 18.0 Å². The van der Waals surface area contributed by atoms with Crippen LogP contribution in [-0.2, 0) is 4.79 Å². The molecule has 0 aromatic rings. The smallest absolute Gasteiger partial charge is 0.246 e. The third kappa shape index (κ3) is 2.27. The van der Waals surface area contributed by atoms with Crippen LogP contribution in [0.2, 0.25) is 0 Å². The second-order valence-electron chi connectivity index (χ2n) is 4.47. The zero-order valence-corrected chi connectivity index (χ0v) is 9.30. The summed E-state index contributed by atoms with van der Waals surface area (Å²) in [6.07, 6.45) is 9.95. The monoisotopic (exact) mass is 222 g/mol. The summed E-state index contributed by atoms with van der Waals surface area (Å²) < 4.78 is 0. The van der Waals surface area contributed by atoms with E-state index in [1.807, 2.05) is 17.2 Å². The first-order valence-corrected chi connectivity index (χ1v) is 5.81. The van der Waals surface area contributed by atoms with Crippen molar-refractivity contribution in [2.45, 2.75) is 44.2 Å². The van der Waals surface area contributed by atoms with Gasteiger partial charge in [-0.2, -0.15) is 0 Å². The molecule has 16 heavy (non-hydrogen) atoms. The Kier molecular flexibility index (Phi) is 3.29. The fourth-order valence-electron chi connectivity index (χ4n) is 2.39. The highest BCUT2D eigenvalue weighted by atomic mass is 16.3. The zero-order valence-electron chi connectivity index (χ0n) is 9.30. The topological polar surface area (TPSA) is 66.6 Å². The lowest BCUT2D eigenvalue weighted by molar-refractivity contribution is -0.114. The second-order valence-corrected chi connectivity index (χ2v) is 4.47. The summed E-state index contributed by atoms with van der Waals surface area (Å²) in [5.41, 5.74) is 5.87. The molecule has 88 valence electrons. The van der Waals surface area contributed by atoms with Crippen LogP contribution in [0, 0.1) is 0 Å². The molecule has 1 amide bonds. The number of aliphatic hydroxyl groups is 1. The number of aliphatic hydroxyl groups excluding tert-OH is 1. The number of primary amides is 1. The molecular weight excluding hydrogens is 204 g/mol. The lowest BCUT2D eigenvalue weighted by Gasteiger charge is -2.36. The minimum atomic E-state index is -0.375. The van der Waals surface area contributed by atoms with E-state index >= 15 is 0 Å². The molecule has 3 N–H and O–H groups in total. The van der Waals surface area contributed by atoms with Gasteiger partial charge in [-0.25, -0.2) is 0 Å². The summed E-state index contributed by atoms with van der Waals surface area (Å²) >= 11 is 0. The zero-order chi connectivity index (χ0) is 11.5. The van der Waals surface area contributed by atoms with Crippen molar-refractivity contribution in [2.75, 3.05) is 0 Å². The van der Waals surface area contributed by atoms with E-state index in [9.17, 15) is 9.90 Å². The van der Waals surface area contributed by atoms with E-state index in [0.717, 1.165) is 25.7 Å². The van der Waals surface area contributed by atoms with Crippen LogP contribution in [0.3, 0.4) is 0 Å². The molecule has 4 heteroatoms. The number of carbonyl (C=O) groups is 1. The third-order valence-corrected chi connectivity index (χ3v) is 3.31. The molecule has 1 aliphatic carbocycles. The molecule has 4 nitrogen and oxygen atoms in total. The molecule has 2 atom stereocenters.